The molecule has 2 heterocycles. The van der Waals surface area contributed by atoms with Gasteiger partial charge in [0.15, 0.2) is 0 Å². The molecule has 0 amide bonds. The molecule has 0 spiro atoms. The molecule has 1 aromatic rings. The number of carbonyl (C=O) groups is 1. The third-order valence-corrected chi connectivity index (χ3v) is 3.04. The first-order valence-electron chi connectivity index (χ1n) is 5.97. The number of carboxylic acid groups (broad SMARTS) is 1. The van der Waals surface area contributed by atoms with Crippen molar-refractivity contribution in [2.24, 2.45) is 5.92 Å². The number of aromatic nitrogens is 1. The van der Waals surface area contributed by atoms with Crippen molar-refractivity contribution in [3.05, 3.63) is 17.8 Å². The molecule has 0 aromatic carbocycles. The Hall–Kier alpha value is -1.82. The van der Waals surface area contributed by atoms with Gasteiger partial charge >= 0.3 is 5.97 Å². The standard InChI is InChI=1S/C12H17N3O3/c13-9-5-10(12(16)17)11(15-7-9)14-6-8-1-3-18-4-2-8/h5,7-8H,1-4,6,13H2,(H,14,15)(H,16,17). The first-order chi connectivity index (χ1) is 8.66. The Kier molecular flexibility index (Phi) is 3.99. The Morgan fingerprint density at radius 1 is 1.56 bits per heavy atom. The maximum absolute atomic E-state index is 11.1. The van der Waals surface area contributed by atoms with Gasteiger partial charge in [0, 0.05) is 19.8 Å². The number of nitrogens with one attached hydrogen (secondary N) is 1. The van der Waals surface area contributed by atoms with E-state index in [1.54, 1.807) is 0 Å². The number of ether oxygens (including phenoxy) is 1. The first kappa shape index (κ1) is 12.6. The lowest BCUT2D eigenvalue weighted by Gasteiger charge is -2.22. The van der Waals surface area contributed by atoms with Crippen molar-refractivity contribution in [1.29, 1.82) is 0 Å². The maximum Gasteiger partial charge on any atom is 0.339 e. The highest BCUT2D eigenvalue weighted by molar-refractivity contribution is 5.94. The van der Waals surface area contributed by atoms with E-state index < -0.39 is 5.97 Å². The van der Waals surface area contributed by atoms with Gasteiger partial charge < -0.3 is 20.9 Å². The first-order valence-corrected chi connectivity index (χ1v) is 5.97. The Bertz CT molecular complexity index is 431. The van der Waals surface area contributed by atoms with Crippen LogP contribution >= 0.6 is 0 Å². The molecule has 2 rings (SSSR count). The summed E-state index contributed by atoms with van der Waals surface area (Å²) in [5, 5.41) is 12.2. The van der Waals surface area contributed by atoms with E-state index in [0.717, 1.165) is 26.1 Å². The van der Waals surface area contributed by atoms with Gasteiger partial charge in [0.1, 0.15) is 11.4 Å². The minimum atomic E-state index is -1.02. The molecule has 1 saturated heterocycles. The molecule has 4 N–H and O–H groups in total. The van der Waals surface area contributed by atoms with Gasteiger partial charge in [0.25, 0.3) is 0 Å². The van der Waals surface area contributed by atoms with Crippen molar-refractivity contribution in [3.63, 3.8) is 0 Å². The van der Waals surface area contributed by atoms with Crippen LogP contribution in [-0.2, 0) is 4.74 Å². The summed E-state index contributed by atoms with van der Waals surface area (Å²) in [5.74, 6) is -0.146. The largest absolute Gasteiger partial charge is 0.478 e. The third-order valence-electron chi connectivity index (χ3n) is 3.04. The number of hydrogen-bond donors (Lipinski definition) is 3. The topological polar surface area (TPSA) is 97.5 Å². The van der Waals surface area contributed by atoms with Crippen molar-refractivity contribution in [2.75, 3.05) is 30.8 Å². The van der Waals surface area contributed by atoms with Crippen molar-refractivity contribution >= 4 is 17.5 Å². The Balaban J connectivity index is 2.01. The average molecular weight is 251 g/mol. The highest BCUT2D eigenvalue weighted by Gasteiger charge is 2.16. The Morgan fingerprint density at radius 2 is 2.28 bits per heavy atom. The van der Waals surface area contributed by atoms with Gasteiger partial charge in [-0.3, -0.25) is 0 Å². The van der Waals surface area contributed by atoms with E-state index in [1.807, 2.05) is 0 Å². The van der Waals surface area contributed by atoms with Crippen LogP contribution < -0.4 is 11.1 Å². The van der Waals surface area contributed by atoms with E-state index in [0.29, 0.717) is 24.0 Å². The van der Waals surface area contributed by atoms with E-state index >= 15 is 0 Å². The second-order valence-electron chi connectivity index (χ2n) is 4.41. The molecular formula is C12H17N3O3. The predicted molar refractivity (Wildman–Crippen MR) is 67.6 cm³/mol. The number of rotatable bonds is 4. The number of anilines is 2. The SMILES string of the molecule is Nc1cnc(NCC2CCOCC2)c(C(=O)O)c1. The van der Waals surface area contributed by atoms with Crippen LogP contribution in [0.1, 0.15) is 23.2 Å². The van der Waals surface area contributed by atoms with Crippen LogP contribution in [0.2, 0.25) is 0 Å². The van der Waals surface area contributed by atoms with Crippen LogP contribution in [0, 0.1) is 5.92 Å². The quantitative estimate of drug-likeness (QED) is 0.744. The lowest BCUT2D eigenvalue weighted by molar-refractivity contribution is 0.0688. The Morgan fingerprint density at radius 3 is 2.94 bits per heavy atom. The predicted octanol–water partition coefficient (Wildman–Crippen LogP) is 1.20. The summed E-state index contributed by atoms with van der Waals surface area (Å²) in [6, 6.07) is 1.42. The van der Waals surface area contributed by atoms with Gasteiger partial charge in [-0.2, -0.15) is 0 Å². The van der Waals surface area contributed by atoms with Crippen LogP contribution in [0.25, 0.3) is 0 Å². The molecule has 1 aliphatic rings. The monoisotopic (exact) mass is 251 g/mol. The van der Waals surface area contributed by atoms with Gasteiger partial charge in [-0.05, 0) is 24.8 Å². The van der Waals surface area contributed by atoms with E-state index in [9.17, 15) is 4.79 Å². The number of pyridine rings is 1. The van der Waals surface area contributed by atoms with Crippen LogP contribution in [0.5, 0.6) is 0 Å². The summed E-state index contributed by atoms with van der Waals surface area (Å²) >= 11 is 0. The average Bonchev–Trinajstić information content (AvgIpc) is 2.38. The summed E-state index contributed by atoms with van der Waals surface area (Å²) in [4.78, 5) is 15.1. The molecule has 0 aliphatic carbocycles. The summed E-state index contributed by atoms with van der Waals surface area (Å²) in [5.41, 5.74) is 6.00. The molecule has 98 valence electrons. The van der Waals surface area contributed by atoms with Gasteiger partial charge in [0.05, 0.1) is 11.9 Å². The van der Waals surface area contributed by atoms with Crippen molar-refractivity contribution < 1.29 is 14.6 Å². The van der Waals surface area contributed by atoms with Gasteiger partial charge in [-0.25, -0.2) is 9.78 Å². The minimum absolute atomic E-state index is 0.113. The fourth-order valence-electron chi connectivity index (χ4n) is 1.98. The summed E-state index contributed by atoms with van der Waals surface area (Å²) in [7, 11) is 0. The zero-order chi connectivity index (χ0) is 13.0. The lowest BCUT2D eigenvalue weighted by atomic mass is 10.0. The third kappa shape index (κ3) is 3.10. The van der Waals surface area contributed by atoms with Crippen molar-refractivity contribution in [3.8, 4) is 0 Å². The molecule has 0 radical (unpaired) electrons. The van der Waals surface area contributed by atoms with Gasteiger partial charge in [-0.15, -0.1) is 0 Å². The number of hydrogen-bond acceptors (Lipinski definition) is 5. The fourth-order valence-corrected chi connectivity index (χ4v) is 1.98. The molecule has 0 saturated carbocycles. The second kappa shape index (κ2) is 5.68. The second-order valence-corrected chi connectivity index (χ2v) is 4.41. The fraction of sp³-hybridized carbons (Fsp3) is 0.500. The van der Waals surface area contributed by atoms with E-state index in [4.69, 9.17) is 15.6 Å². The molecule has 0 atom stereocenters. The molecule has 6 heteroatoms. The number of nitrogens with zero attached hydrogens (tertiary/aromatic N) is 1. The van der Waals surface area contributed by atoms with Crippen LogP contribution in [0.4, 0.5) is 11.5 Å². The van der Waals surface area contributed by atoms with E-state index in [-0.39, 0.29) is 5.56 Å². The number of aromatic carboxylic acids is 1. The highest BCUT2D eigenvalue weighted by atomic mass is 16.5. The molecule has 18 heavy (non-hydrogen) atoms. The summed E-state index contributed by atoms with van der Waals surface area (Å²) in [6.45, 7) is 2.25. The molecular weight excluding hydrogens is 234 g/mol. The van der Waals surface area contributed by atoms with Gasteiger partial charge in [0.2, 0.25) is 0 Å². The molecule has 0 bridgehead atoms. The smallest absolute Gasteiger partial charge is 0.339 e. The molecule has 1 aromatic heterocycles. The molecule has 1 fully saturated rings. The number of nitrogen functional groups attached to an aromatic ring is 1. The molecule has 1 aliphatic heterocycles. The van der Waals surface area contributed by atoms with Crippen molar-refractivity contribution in [2.45, 2.75) is 12.8 Å². The van der Waals surface area contributed by atoms with Crippen molar-refractivity contribution in [1.82, 2.24) is 4.98 Å². The number of nitrogens with two attached hydrogens (primary N) is 1. The molecule has 6 nitrogen and oxygen atoms in total. The normalized spacial score (nSPS) is 16.4. The van der Waals surface area contributed by atoms with E-state index in [1.165, 1.54) is 12.3 Å². The minimum Gasteiger partial charge on any atom is -0.478 e. The summed E-state index contributed by atoms with van der Waals surface area (Å²) < 4.78 is 5.28. The molecule has 0 unspecified atom stereocenters. The summed E-state index contributed by atoms with van der Waals surface area (Å²) in [6.07, 6.45) is 3.44. The number of carboxylic acids is 1. The van der Waals surface area contributed by atoms with Gasteiger partial charge in [-0.1, -0.05) is 0 Å². The lowest BCUT2D eigenvalue weighted by Crippen LogP contribution is -2.23. The zero-order valence-corrected chi connectivity index (χ0v) is 10.1. The van der Waals surface area contributed by atoms with Crippen LogP contribution in [0.15, 0.2) is 12.3 Å². The highest BCUT2D eigenvalue weighted by Crippen LogP contribution is 2.19. The maximum atomic E-state index is 11.1. The van der Waals surface area contributed by atoms with E-state index in [2.05, 4.69) is 10.3 Å². The van der Waals surface area contributed by atoms with Crippen LogP contribution in [-0.4, -0.2) is 35.8 Å². The van der Waals surface area contributed by atoms with Crippen LogP contribution in [0.3, 0.4) is 0 Å². The Labute approximate surface area is 105 Å². The zero-order valence-electron chi connectivity index (χ0n) is 10.1.